The average Bonchev–Trinajstić information content (AvgIpc) is 4.03. The van der Waals surface area contributed by atoms with Crippen LogP contribution in [0.25, 0.3) is 22.2 Å². The van der Waals surface area contributed by atoms with Gasteiger partial charge in [-0.1, -0.05) is 41.9 Å². The van der Waals surface area contributed by atoms with E-state index in [0.717, 1.165) is 59.9 Å². The Morgan fingerprint density at radius 3 is 2.44 bits per heavy atom. The number of nitrogens with zero attached hydrogens (tertiary/aromatic N) is 9. The maximum atomic E-state index is 13.9. The molecular weight excluding hydrogens is 914 g/mol. The van der Waals surface area contributed by atoms with Gasteiger partial charge in [0.15, 0.2) is 5.65 Å². The quantitative estimate of drug-likeness (QED) is 0.0672. The number of para-hydroxylation sites is 1. The second-order valence-electron chi connectivity index (χ2n) is 18.1. The SMILES string of the molecule is CN(C)CCOc1ccccc1Cn1cnc2ccc(C(=O)NCCOCCOCCC(=O)N3CCN(CCC(NC(=O)C4(N)CCN(c5ncnc6[nH]ccc56)CC4)c4ccc(Cl)cc4)CC3)nc21. The number of imidazole rings is 1. The van der Waals surface area contributed by atoms with Crippen molar-refractivity contribution in [3.8, 4) is 5.75 Å². The zero-order valence-electron chi connectivity index (χ0n) is 40.0. The molecule has 2 aliphatic rings. The summed E-state index contributed by atoms with van der Waals surface area (Å²) in [5, 5.41) is 7.73. The van der Waals surface area contributed by atoms with Crippen molar-refractivity contribution in [1.29, 1.82) is 0 Å². The van der Waals surface area contributed by atoms with Crippen LogP contribution in [0.5, 0.6) is 5.75 Å². The van der Waals surface area contributed by atoms with Crippen molar-refractivity contribution in [2.45, 2.75) is 43.8 Å². The van der Waals surface area contributed by atoms with Gasteiger partial charge in [0.05, 0.1) is 62.7 Å². The molecule has 2 aliphatic heterocycles. The molecule has 0 aliphatic carbocycles. The predicted molar refractivity (Wildman–Crippen MR) is 268 cm³/mol. The van der Waals surface area contributed by atoms with Crippen molar-refractivity contribution in [3.05, 3.63) is 107 Å². The number of carbonyl (C=O) groups excluding carboxylic acids is 3. The Labute approximate surface area is 413 Å². The largest absolute Gasteiger partial charge is 0.492 e. The fraction of sp³-hybridized carbons (Fsp3) is 0.460. The normalized spacial score (nSPS) is 15.7. The van der Waals surface area contributed by atoms with Crippen LogP contribution in [0, 0.1) is 0 Å². The fourth-order valence-corrected chi connectivity index (χ4v) is 8.88. The Hall–Kier alpha value is -6.22. The number of aromatic nitrogens is 6. The summed E-state index contributed by atoms with van der Waals surface area (Å²) in [6.45, 7) is 8.02. The number of aromatic amines is 1. The second kappa shape index (κ2) is 24.1. The number of carbonyl (C=O) groups is 3. The summed E-state index contributed by atoms with van der Waals surface area (Å²) in [7, 11) is 4.02. The topological polar surface area (TPSA) is 214 Å². The van der Waals surface area contributed by atoms with E-state index in [1.165, 1.54) is 0 Å². The molecule has 1 atom stereocenters. The Kier molecular flexibility index (Phi) is 17.3. The highest BCUT2D eigenvalue weighted by Gasteiger charge is 2.39. The van der Waals surface area contributed by atoms with E-state index in [4.69, 9.17) is 31.5 Å². The third-order valence-corrected chi connectivity index (χ3v) is 13.2. The third kappa shape index (κ3) is 13.1. The van der Waals surface area contributed by atoms with Crippen molar-refractivity contribution in [2.24, 2.45) is 5.73 Å². The second-order valence-corrected chi connectivity index (χ2v) is 18.5. The van der Waals surface area contributed by atoms with Crippen molar-refractivity contribution in [2.75, 3.05) is 111 Å². The molecule has 6 aromatic rings. The van der Waals surface area contributed by atoms with E-state index in [1.807, 2.05) is 84.4 Å². The summed E-state index contributed by atoms with van der Waals surface area (Å²) in [6.07, 6.45) is 7.04. The molecule has 0 saturated carbocycles. The van der Waals surface area contributed by atoms with Crippen LogP contribution in [0.3, 0.4) is 0 Å². The van der Waals surface area contributed by atoms with Crippen molar-refractivity contribution < 1.29 is 28.6 Å². The molecule has 2 saturated heterocycles. The van der Waals surface area contributed by atoms with E-state index in [9.17, 15) is 14.4 Å². The highest BCUT2D eigenvalue weighted by atomic mass is 35.5. The summed E-state index contributed by atoms with van der Waals surface area (Å²) in [5.74, 6) is 1.22. The van der Waals surface area contributed by atoms with Gasteiger partial charge in [0, 0.05) is 75.7 Å². The minimum absolute atomic E-state index is 0.0513. The van der Waals surface area contributed by atoms with Crippen molar-refractivity contribution >= 4 is 57.3 Å². The molecule has 1 unspecified atom stereocenters. The monoisotopic (exact) mass is 977 g/mol. The van der Waals surface area contributed by atoms with Crippen LogP contribution in [0.1, 0.15) is 53.3 Å². The lowest BCUT2D eigenvalue weighted by Crippen LogP contribution is -2.60. The zero-order valence-corrected chi connectivity index (χ0v) is 40.8. The smallest absolute Gasteiger partial charge is 0.270 e. The number of H-pyrrole nitrogens is 1. The van der Waals surface area contributed by atoms with Crippen LogP contribution in [-0.2, 0) is 25.6 Å². The Morgan fingerprint density at radius 1 is 0.886 bits per heavy atom. The number of halogens is 1. The Morgan fingerprint density at radius 2 is 1.66 bits per heavy atom. The molecule has 6 heterocycles. The number of pyridine rings is 1. The van der Waals surface area contributed by atoms with E-state index in [2.05, 4.69) is 50.3 Å². The van der Waals surface area contributed by atoms with E-state index in [0.29, 0.717) is 108 Å². The molecule has 19 nitrogen and oxygen atoms in total. The molecule has 20 heteroatoms. The van der Waals surface area contributed by atoms with Gasteiger partial charge < -0.3 is 54.8 Å². The van der Waals surface area contributed by atoms with Crippen LogP contribution < -0.4 is 26.0 Å². The number of nitrogens with two attached hydrogens (primary N) is 1. The van der Waals surface area contributed by atoms with E-state index >= 15 is 0 Å². The molecule has 0 bridgehead atoms. The summed E-state index contributed by atoms with van der Waals surface area (Å²) < 4.78 is 19.3. The predicted octanol–water partition coefficient (Wildman–Crippen LogP) is 3.89. The van der Waals surface area contributed by atoms with Gasteiger partial charge in [0.2, 0.25) is 11.8 Å². The summed E-state index contributed by atoms with van der Waals surface area (Å²) in [5.41, 5.74) is 10.1. The van der Waals surface area contributed by atoms with Crippen molar-refractivity contribution in [1.82, 2.24) is 54.8 Å². The highest BCUT2D eigenvalue weighted by Crippen LogP contribution is 2.30. The summed E-state index contributed by atoms with van der Waals surface area (Å²) in [4.78, 5) is 69.5. The Balaban J connectivity index is 0.701. The molecular formula is C50H64ClN13O6. The number of ether oxygens (including phenoxy) is 3. The molecule has 70 heavy (non-hydrogen) atoms. The number of benzene rings is 2. The number of nitrogens with one attached hydrogen (secondary N) is 3. The minimum atomic E-state index is -1.02. The van der Waals surface area contributed by atoms with E-state index in [-0.39, 0.29) is 35.9 Å². The van der Waals surface area contributed by atoms with Gasteiger partial charge in [-0.25, -0.2) is 19.9 Å². The Bertz CT molecular complexity index is 2660. The van der Waals surface area contributed by atoms with Gasteiger partial charge in [-0.05, 0) is 75.3 Å². The van der Waals surface area contributed by atoms with Crippen LogP contribution in [-0.4, -0.2) is 173 Å². The number of hydrogen-bond acceptors (Lipinski definition) is 14. The molecule has 4 aromatic heterocycles. The zero-order chi connectivity index (χ0) is 48.9. The van der Waals surface area contributed by atoms with Gasteiger partial charge in [-0.2, -0.15) is 0 Å². The number of piperidine rings is 1. The molecule has 3 amide bonds. The molecule has 0 radical (unpaired) electrons. The molecule has 372 valence electrons. The van der Waals surface area contributed by atoms with Crippen molar-refractivity contribution in [3.63, 3.8) is 0 Å². The lowest BCUT2D eigenvalue weighted by atomic mass is 9.87. The minimum Gasteiger partial charge on any atom is -0.492 e. The van der Waals surface area contributed by atoms with Gasteiger partial charge in [-0.15, -0.1) is 0 Å². The number of hydrogen-bond donors (Lipinski definition) is 4. The lowest BCUT2D eigenvalue weighted by molar-refractivity contribution is -0.134. The van der Waals surface area contributed by atoms with Gasteiger partial charge in [-0.3, -0.25) is 19.3 Å². The fourth-order valence-electron chi connectivity index (χ4n) is 8.75. The maximum Gasteiger partial charge on any atom is 0.270 e. The number of fused-ring (bicyclic) bond motifs is 2. The first-order valence-electron chi connectivity index (χ1n) is 24.0. The maximum absolute atomic E-state index is 13.9. The first-order valence-corrected chi connectivity index (χ1v) is 24.4. The summed E-state index contributed by atoms with van der Waals surface area (Å²) in [6, 6.07) is 20.6. The third-order valence-electron chi connectivity index (χ3n) is 12.9. The van der Waals surface area contributed by atoms with Gasteiger partial charge >= 0.3 is 0 Å². The van der Waals surface area contributed by atoms with Gasteiger partial charge in [0.1, 0.15) is 41.4 Å². The summed E-state index contributed by atoms with van der Waals surface area (Å²) >= 11 is 6.24. The average molecular weight is 979 g/mol. The molecule has 2 fully saturated rings. The number of likely N-dealkylation sites (N-methyl/N-ethyl adjacent to an activating group) is 1. The first-order chi connectivity index (χ1) is 34.0. The molecule has 0 spiro atoms. The van der Waals surface area contributed by atoms with E-state index < -0.39 is 5.54 Å². The number of rotatable bonds is 23. The molecule has 5 N–H and O–H groups in total. The van der Waals surface area contributed by atoms with Crippen LogP contribution in [0.4, 0.5) is 5.82 Å². The van der Waals surface area contributed by atoms with Gasteiger partial charge in [0.25, 0.3) is 5.91 Å². The number of piperazine rings is 1. The van der Waals surface area contributed by atoms with Crippen LogP contribution in [0.2, 0.25) is 5.02 Å². The standard InChI is InChI=1S/C50H64ClN13O6/c1-60(2)27-30-70-43-6-4-3-5-37(43)33-64-35-57-41-11-12-42(58-47(41)64)48(66)54-19-29-69-32-31-68-28-15-44(65)62-25-23-61(24-26-62)20-14-40(36-7-9-38(51)10-8-36)59-49(67)50(52)16-21-63(22-17-50)46-39-13-18-53-45(39)55-34-56-46/h3-13,18,34-35,40H,14-17,19-33,52H2,1-2H3,(H,54,66)(H,59,67)(H,53,55,56). The van der Waals surface area contributed by atoms with E-state index in [1.54, 1.807) is 24.8 Å². The number of amides is 3. The highest BCUT2D eigenvalue weighted by molar-refractivity contribution is 6.30. The molecule has 2 aromatic carbocycles. The molecule has 8 rings (SSSR count). The van der Waals surface area contributed by atoms with Crippen LogP contribution >= 0.6 is 11.6 Å². The lowest BCUT2D eigenvalue weighted by Gasteiger charge is -2.39. The first kappa shape index (κ1) is 50.2. The van der Waals surface area contributed by atoms with Crippen LogP contribution in [0.15, 0.2) is 85.6 Å². The number of anilines is 1.